The van der Waals surface area contributed by atoms with Gasteiger partial charge in [0.25, 0.3) is 5.91 Å². The van der Waals surface area contributed by atoms with Crippen LogP contribution in [-0.2, 0) is 0 Å². The van der Waals surface area contributed by atoms with Gasteiger partial charge in [-0.3, -0.25) is 4.79 Å². The van der Waals surface area contributed by atoms with Crippen LogP contribution in [0.1, 0.15) is 23.7 Å². The molecule has 0 aromatic heterocycles. The number of amidine groups is 1. The fourth-order valence-corrected chi connectivity index (χ4v) is 1.51. The number of halogens is 5. The minimum atomic E-state index is -2.36. The average Bonchev–Trinajstić information content (AvgIpc) is 2.42. The SMILES string of the molecule is CC(CC(N)=NO)NC(=O)c1c(F)c(F)c(F)c(F)c1F. The molecule has 0 fully saturated rings. The minimum absolute atomic E-state index is 0.197. The molecule has 1 aromatic rings. The number of amides is 1. The first-order chi connectivity index (χ1) is 9.70. The maximum absolute atomic E-state index is 13.4. The Kier molecular flexibility index (Phi) is 5.06. The van der Waals surface area contributed by atoms with Crippen LogP contribution < -0.4 is 11.1 Å². The second-order valence-corrected chi connectivity index (χ2v) is 4.11. The Morgan fingerprint density at radius 1 is 1.14 bits per heavy atom. The van der Waals surface area contributed by atoms with E-state index in [4.69, 9.17) is 10.9 Å². The van der Waals surface area contributed by atoms with Crippen molar-refractivity contribution in [1.82, 2.24) is 5.32 Å². The van der Waals surface area contributed by atoms with Crippen LogP contribution in [0.2, 0.25) is 0 Å². The molecule has 0 aliphatic carbocycles. The molecule has 5 nitrogen and oxygen atoms in total. The standard InChI is InChI=1S/C11H10F5N3O2/c1-3(2-4(17)19-21)18-11(20)5-6(12)8(14)10(16)9(15)7(5)13/h3,21H,2H2,1H3,(H2,17,19)(H,18,20). The Morgan fingerprint density at radius 3 is 2.00 bits per heavy atom. The third kappa shape index (κ3) is 3.38. The highest BCUT2D eigenvalue weighted by atomic mass is 19.2. The Bertz CT molecular complexity index is 577. The van der Waals surface area contributed by atoms with Gasteiger partial charge >= 0.3 is 0 Å². The normalized spacial score (nSPS) is 13.1. The Labute approximate surface area is 115 Å². The van der Waals surface area contributed by atoms with Crippen molar-refractivity contribution in [2.24, 2.45) is 10.9 Å². The number of rotatable bonds is 4. The maximum Gasteiger partial charge on any atom is 0.257 e. The first-order valence-electron chi connectivity index (χ1n) is 5.49. The van der Waals surface area contributed by atoms with E-state index in [1.54, 1.807) is 0 Å². The average molecular weight is 311 g/mol. The van der Waals surface area contributed by atoms with Crippen LogP contribution in [0.5, 0.6) is 0 Å². The summed E-state index contributed by atoms with van der Waals surface area (Å²) >= 11 is 0. The minimum Gasteiger partial charge on any atom is -0.409 e. The fourth-order valence-electron chi connectivity index (χ4n) is 1.51. The van der Waals surface area contributed by atoms with Crippen molar-refractivity contribution in [3.63, 3.8) is 0 Å². The molecular formula is C11H10F5N3O2. The van der Waals surface area contributed by atoms with Gasteiger partial charge in [-0.1, -0.05) is 5.16 Å². The van der Waals surface area contributed by atoms with Gasteiger partial charge in [0.1, 0.15) is 11.4 Å². The quantitative estimate of drug-likeness (QED) is 0.150. The van der Waals surface area contributed by atoms with E-state index in [9.17, 15) is 26.7 Å². The molecule has 0 saturated heterocycles. The number of nitrogens with zero attached hydrogens (tertiary/aromatic N) is 1. The number of carbonyl (C=O) groups excluding carboxylic acids is 1. The second kappa shape index (κ2) is 6.37. The number of hydrogen-bond acceptors (Lipinski definition) is 3. The van der Waals surface area contributed by atoms with Crippen molar-refractivity contribution in [3.8, 4) is 0 Å². The van der Waals surface area contributed by atoms with E-state index in [1.165, 1.54) is 6.92 Å². The van der Waals surface area contributed by atoms with Crippen molar-refractivity contribution >= 4 is 11.7 Å². The van der Waals surface area contributed by atoms with Crippen LogP contribution in [0.3, 0.4) is 0 Å². The van der Waals surface area contributed by atoms with Crippen LogP contribution in [0.4, 0.5) is 22.0 Å². The largest absolute Gasteiger partial charge is 0.409 e. The van der Waals surface area contributed by atoms with E-state index in [1.807, 2.05) is 5.32 Å². The molecule has 0 heterocycles. The summed E-state index contributed by atoms with van der Waals surface area (Å²) in [7, 11) is 0. The molecule has 1 atom stereocenters. The van der Waals surface area contributed by atoms with Crippen LogP contribution >= 0.6 is 0 Å². The molecular weight excluding hydrogens is 301 g/mol. The van der Waals surface area contributed by atoms with Crippen molar-refractivity contribution in [3.05, 3.63) is 34.6 Å². The molecule has 4 N–H and O–H groups in total. The molecule has 1 aromatic carbocycles. The van der Waals surface area contributed by atoms with Crippen molar-refractivity contribution in [2.75, 3.05) is 0 Å². The van der Waals surface area contributed by atoms with Gasteiger partial charge in [-0.25, -0.2) is 22.0 Å². The van der Waals surface area contributed by atoms with E-state index < -0.39 is 46.6 Å². The van der Waals surface area contributed by atoms with E-state index in [2.05, 4.69) is 5.16 Å². The predicted molar refractivity (Wildman–Crippen MR) is 61.2 cm³/mol. The number of benzene rings is 1. The molecule has 1 rings (SSSR count). The maximum atomic E-state index is 13.4. The van der Waals surface area contributed by atoms with Crippen LogP contribution in [-0.4, -0.2) is 23.0 Å². The van der Waals surface area contributed by atoms with Crippen LogP contribution in [0.25, 0.3) is 0 Å². The number of nitrogens with two attached hydrogens (primary N) is 1. The Morgan fingerprint density at radius 2 is 1.57 bits per heavy atom. The summed E-state index contributed by atoms with van der Waals surface area (Å²) < 4.78 is 65.4. The molecule has 1 amide bonds. The highest BCUT2D eigenvalue weighted by Crippen LogP contribution is 2.23. The molecule has 0 aliphatic rings. The monoisotopic (exact) mass is 311 g/mol. The highest BCUT2D eigenvalue weighted by molar-refractivity contribution is 5.95. The first-order valence-corrected chi connectivity index (χ1v) is 5.49. The molecule has 116 valence electrons. The summed E-state index contributed by atoms with van der Waals surface area (Å²) in [5.41, 5.74) is 3.55. The van der Waals surface area contributed by atoms with E-state index in [-0.39, 0.29) is 12.3 Å². The smallest absolute Gasteiger partial charge is 0.257 e. The number of oxime groups is 1. The summed E-state index contributed by atoms with van der Waals surface area (Å²) in [4.78, 5) is 11.6. The lowest BCUT2D eigenvalue weighted by Crippen LogP contribution is -2.37. The number of nitrogens with one attached hydrogen (secondary N) is 1. The molecule has 1 unspecified atom stereocenters. The molecule has 0 saturated carbocycles. The van der Waals surface area contributed by atoms with Crippen LogP contribution in [0, 0.1) is 29.1 Å². The molecule has 0 radical (unpaired) electrons. The number of carbonyl (C=O) groups is 1. The highest BCUT2D eigenvalue weighted by Gasteiger charge is 2.30. The predicted octanol–water partition coefficient (Wildman–Crippen LogP) is 1.64. The van der Waals surface area contributed by atoms with Gasteiger partial charge in [-0.05, 0) is 6.92 Å². The lowest BCUT2D eigenvalue weighted by molar-refractivity contribution is 0.0929. The second-order valence-electron chi connectivity index (χ2n) is 4.11. The third-order valence-electron chi connectivity index (χ3n) is 2.46. The lowest BCUT2D eigenvalue weighted by Gasteiger charge is -2.14. The fraction of sp³-hybridized carbons (Fsp3) is 0.273. The molecule has 0 bridgehead atoms. The lowest BCUT2D eigenvalue weighted by atomic mass is 10.1. The van der Waals surface area contributed by atoms with Crippen molar-refractivity contribution < 1.29 is 32.0 Å². The summed E-state index contributed by atoms with van der Waals surface area (Å²) in [6, 6.07) is -0.872. The van der Waals surface area contributed by atoms with Gasteiger partial charge in [0.2, 0.25) is 5.82 Å². The first kappa shape index (κ1) is 16.7. The summed E-state index contributed by atoms with van der Waals surface area (Å²) in [5.74, 6) is -13.1. The van der Waals surface area contributed by atoms with Gasteiger partial charge in [0, 0.05) is 12.5 Å². The number of hydrogen-bond donors (Lipinski definition) is 3. The summed E-state index contributed by atoms with van der Waals surface area (Å²) in [5, 5.41) is 12.9. The van der Waals surface area contributed by atoms with Crippen LogP contribution in [0.15, 0.2) is 5.16 Å². The van der Waals surface area contributed by atoms with Gasteiger partial charge in [0.15, 0.2) is 23.3 Å². The molecule has 0 spiro atoms. The summed E-state index contributed by atoms with van der Waals surface area (Å²) in [6.45, 7) is 1.32. The van der Waals surface area contributed by atoms with Gasteiger partial charge in [-0.15, -0.1) is 0 Å². The van der Waals surface area contributed by atoms with E-state index in [0.29, 0.717) is 0 Å². The van der Waals surface area contributed by atoms with Crippen molar-refractivity contribution in [2.45, 2.75) is 19.4 Å². The van der Waals surface area contributed by atoms with Gasteiger partial charge in [-0.2, -0.15) is 0 Å². The van der Waals surface area contributed by atoms with Gasteiger partial charge in [0.05, 0.1) is 0 Å². The van der Waals surface area contributed by atoms with Crippen molar-refractivity contribution in [1.29, 1.82) is 0 Å². The molecule has 10 heteroatoms. The Hall–Kier alpha value is -2.39. The Balaban J connectivity index is 3.09. The molecule has 21 heavy (non-hydrogen) atoms. The summed E-state index contributed by atoms with van der Waals surface area (Å²) in [6.07, 6.45) is -0.197. The topological polar surface area (TPSA) is 87.7 Å². The zero-order chi connectivity index (χ0) is 16.3. The zero-order valence-corrected chi connectivity index (χ0v) is 10.6. The van der Waals surface area contributed by atoms with E-state index in [0.717, 1.165) is 0 Å². The van der Waals surface area contributed by atoms with E-state index >= 15 is 0 Å². The van der Waals surface area contributed by atoms with Gasteiger partial charge < -0.3 is 16.3 Å². The molecule has 0 aliphatic heterocycles. The third-order valence-corrected chi connectivity index (χ3v) is 2.46. The zero-order valence-electron chi connectivity index (χ0n) is 10.6.